The van der Waals surface area contributed by atoms with Crippen LogP contribution in [0.2, 0.25) is 0 Å². The maximum Gasteiger partial charge on any atom is 0.330 e. The molecule has 2 aromatic rings. The number of amides is 2. The Labute approximate surface area is 161 Å². The zero-order chi connectivity index (χ0) is 19.4. The minimum absolute atomic E-state index is 0.259. The molecule has 0 radical (unpaired) electrons. The van der Waals surface area contributed by atoms with Crippen molar-refractivity contribution in [2.24, 2.45) is 0 Å². The van der Waals surface area contributed by atoms with Crippen LogP contribution in [0.1, 0.15) is 25.0 Å². The quantitative estimate of drug-likeness (QED) is 0.793. The molecule has 0 bridgehead atoms. The first kappa shape index (κ1) is 19.0. The summed E-state index contributed by atoms with van der Waals surface area (Å²) in [6.07, 6.45) is 0.537. The maximum atomic E-state index is 12.6. The number of carbonyl (C=O) groups excluding carboxylic acids is 3. The van der Waals surface area contributed by atoms with Gasteiger partial charge in [0.1, 0.15) is 17.2 Å². The Morgan fingerprint density at radius 1 is 1.22 bits per heavy atom. The first-order chi connectivity index (χ1) is 13.0. The fourth-order valence-corrected chi connectivity index (χ4v) is 4.21. The number of thioether (sulfide) groups is 1. The number of hydrogen-bond acceptors (Lipinski definition) is 6. The molecule has 1 saturated heterocycles. The molecular weight excluding hydrogens is 368 g/mol. The van der Waals surface area contributed by atoms with Crippen molar-refractivity contribution in [2.45, 2.75) is 31.4 Å². The van der Waals surface area contributed by atoms with Crippen LogP contribution in [-0.4, -0.2) is 40.6 Å². The molecule has 142 valence electrons. The summed E-state index contributed by atoms with van der Waals surface area (Å²) in [5.74, 6) is -0.332. The predicted octanol–water partition coefficient (Wildman–Crippen LogP) is 2.81. The molecule has 1 aromatic heterocycles. The predicted molar refractivity (Wildman–Crippen MR) is 101 cm³/mol. The summed E-state index contributed by atoms with van der Waals surface area (Å²) < 4.78 is 10.7. The third kappa shape index (κ3) is 4.33. The third-order valence-electron chi connectivity index (χ3n) is 4.13. The van der Waals surface area contributed by atoms with E-state index in [1.54, 1.807) is 36.4 Å². The molecule has 27 heavy (non-hydrogen) atoms. The lowest BCUT2D eigenvalue weighted by Crippen LogP contribution is -2.44. The van der Waals surface area contributed by atoms with Crippen molar-refractivity contribution in [1.29, 1.82) is 0 Å². The molecule has 0 unspecified atom stereocenters. The Kier molecular flexibility index (Phi) is 5.85. The van der Waals surface area contributed by atoms with Crippen LogP contribution in [0.5, 0.6) is 0 Å². The van der Waals surface area contributed by atoms with Gasteiger partial charge in [0.2, 0.25) is 5.91 Å². The van der Waals surface area contributed by atoms with Gasteiger partial charge in [-0.3, -0.25) is 9.59 Å². The van der Waals surface area contributed by atoms with E-state index in [1.165, 1.54) is 36.8 Å². The zero-order valence-corrected chi connectivity index (χ0v) is 15.8. The van der Waals surface area contributed by atoms with Gasteiger partial charge in [0, 0.05) is 18.4 Å². The van der Waals surface area contributed by atoms with Gasteiger partial charge in [-0.25, -0.2) is 4.79 Å². The van der Waals surface area contributed by atoms with E-state index in [0.29, 0.717) is 17.2 Å². The van der Waals surface area contributed by atoms with Crippen molar-refractivity contribution in [1.82, 2.24) is 4.90 Å². The molecule has 2 heterocycles. The fraction of sp³-hybridized carbons (Fsp3) is 0.316. The third-order valence-corrected chi connectivity index (χ3v) is 5.41. The van der Waals surface area contributed by atoms with Gasteiger partial charge in [0.05, 0.1) is 6.26 Å². The number of carbonyl (C=O) groups is 3. The summed E-state index contributed by atoms with van der Waals surface area (Å²) in [5.41, 5.74) is 0.616. The van der Waals surface area contributed by atoms with Crippen LogP contribution in [0.4, 0.5) is 5.69 Å². The highest BCUT2D eigenvalue weighted by Gasteiger charge is 2.43. The minimum Gasteiger partial charge on any atom is -0.466 e. The minimum atomic E-state index is -0.987. The SMILES string of the molecule is CC(=O)N1[C@@H](C(=O)O[C@H](C)C(=O)Nc2ccccc2)CS[C@@H]1c1ccco1. The molecule has 0 saturated carbocycles. The number of anilines is 1. The largest absolute Gasteiger partial charge is 0.466 e. The lowest BCUT2D eigenvalue weighted by atomic mass is 10.2. The number of rotatable bonds is 5. The van der Waals surface area contributed by atoms with Crippen LogP contribution in [0, 0.1) is 0 Å². The monoisotopic (exact) mass is 388 g/mol. The van der Waals surface area contributed by atoms with Gasteiger partial charge in [-0.15, -0.1) is 11.8 Å². The average molecular weight is 388 g/mol. The Balaban J connectivity index is 1.64. The fourth-order valence-electron chi connectivity index (χ4n) is 2.80. The van der Waals surface area contributed by atoms with Crippen LogP contribution >= 0.6 is 11.8 Å². The zero-order valence-electron chi connectivity index (χ0n) is 15.0. The highest BCUT2D eigenvalue weighted by atomic mass is 32.2. The van der Waals surface area contributed by atoms with Crippen LogP contribution in [0.15, 0.2) is 53.1 Å². The van der Waals surface area contributed by atoms with Gasteiger partial charge in [-0.2, -0.15) is 0 Å². The van der Waals surface area contributed by atoms with Gasteiger partial charge in [0.25, 0.3) is 5.91 Å². The molecule has 0 spiro atoms. The molecule has 3 atom stereocenters. The summed E-state index contributed by atoms with van der Waals surface area (Å²) in [6, 6.07) is 11.6. The number of hydrogen-bond donors (Lipinski definition) is 1. The normalized spacial score (nSPS) is 20.1. The van der Waals surface area contributed by atoms with Crippen molar-refractivity contribution < 1.29 is 23.5 Å². The Hall–Kier alpha value is -2.74. The van der Waals surface area contributed by atoms with E-state index in [2.05, 4.69) is 5.32 Å². The molecule has 3 rings (SSSR count). The van der Waals surface area contributed by atoms with E-state index in [9.17, 15) is 14.4 Å². The highest BCUT2D eigenvalue weighted by Crippen LogP contribution is 2.41. The van der Waals surface area contributed by atoms with Crippen molar-refractivity contribution in [3.8, 4) is 0 Å². The molecule has 1 fully saturated rings. The number of furan rings is 1. The molecular formula is C19H20N2O5S. The Bertz CT molecular complexity index is 809. The van der Waals surface area contributed by atoms with E-state index in [-0.39, 0.29) is 11.3 Å². The van der Waals surface area contributed by atoms with Gasteiger partial charge in [-0.1, -0.05) is 18.2 Å². The van der Waals surface area contributed by atoms with Crippen LogP contribution in [-0.2, 0) is 19.1 Å². The smallest absolute Gasteiger partial charge is 0.330 e. The van der Waals surface area contributed by atoms with Crippen molar-refractivity contribution in [3.05, 3.63) is 54.5 Å². The van der Waals surface area contributed by atoms with Crippen molar-refractivity contribution >= 4 is 35.2 Å². The van der Waals surface area contributed by atoms with E-state index in [0.717, 1.165) is 0 Å². The molecule has 1 N–H and O–H groups in total. The number of ether oxygens (including phenoxy) is 1. The summed E-state index contributed by atoms with van der Waals surface area (Å²) in [6.45, 7) is 2.90. The van der Waals surface area contributed by atoms with Crippen LogP contribution in [0.25, 0.3) is 0 Å². The van der Waals surface area contributed by atoms with E-state index in [4.69, 9.17) is 9.15 Å². The van der Waals surface area contributed by atoms with E-state index < -0.39 is 24.0 Å². The van der Waals surface area contributed by atoms with Crippen molar-refractivity contribution in [2.75, 3.05) is 11.1 Å². The summed E-state index contributed by atoms with van der Waals surface area (Å²) in [7, 11) is 0. The van der Waals surface area contributed by atoms with E-state index in [1.807, 2.05) is 6.07 Å². The highest BCUT2D eigenvalue weighted by molar-refractivity contribution is 7.99. The number of benzene rings is 1. The van der Waals surface area contributed by atoms with Crippen LogP contribution in [0.3, 0.4) is 0 Å². The summed E-state index contributed by atoms with van der Waals surface area (Å²) in [5, 5.41) is 2.30. The second-order valence-electron chi connectivity index (χ2n) is 6.08. The van der Waals surface area contributed by atoms with Gasteiger partial charge >= 0.3 is 5.97 Å². The number of para-hydroxylation sites is 1. The van der Waals surface area contributed by atoms with Gasteiger partial charge in [0.15, 0.2) is 6.10 Å². The summed E-state index contributed by atoms with van der Waals surface area (Å²) >= 11 is 1.42. The molecule has 7 nitrogen and oxygen atoms in total. The lowest BCUT2D eigenvalue weighted by Gasteiger charge is -2.26. The number of esters is 1. The second kappa shape index (κ2) is 8.30. The molecule has 1 aromatic carbocycles. The number of nitrogens with one attached hydrogen (secondary N) is 1. The summed E-state index contributed by atoms with van der Waals surface area (Å²) in [4.78, 5) is 38.4. The second-order valence-corrected chi connectivity index (χ2v) is 7.19. The standard InChI is InChI=1S/C19H20N2O5S/c1-12(17(23)20-14-7-4-3-5-8-14)26-19(24)15-11-27-18(21(15)13(2)22)16-9-6-10-25-16/h3-10,12,15,18H,11H2,1-2H3,(H,20,23)/t12-,15-,18-/m1/s1. The Morgan fingerprint density at radius 2 is 1.96 bits per heavy atom. The Morgan fingerprint density at radius 3 is 2.59 bits per heavy atom. The molecule has 1 aliphatic rings. The van der Waals surface area contributed by atoms with Gasteiger partial charge in [-0.05, 0) is 31.2 Å². The first-order valence-electron chi connectivity index (χ1n) is 8.47. The first-order valence-corrected chi connectivity index (χ1v) is 9.52. The maximum absolute atomic E-state index is 12.6. The van der Waals surface area contributed by atoms with Crippen molar-refractivity contribution in [3.63, 3.8) is 0 Å². The molecule has 8 heteroatoms. The van der Waals surface area contributed by atoms with E-state index >= 15 is 0 Å². The molecule has 2 amide bonds. The number of nitrogens with zero attached hydrogens (tertiary/aromatic N) is 1. The van der Waals surface area contributed by atoms with Crippen LogP contribution < -0.4 is 5.32 Å². The topological polar surface area (TPSA) is 88.8 Å². The molecule has 1 aliphatic heterocycles. The van der Waals surface area contributed by atoms with Gasteiger partial charge < -0.3 is 19.4 Å². The lowest BCUT2D eigenvalue weighted by molar-refractivity contribution is -0.160. The average Bonchev–Trinajstić information content (AvgIpc) is 3.31. The molecule has 0 aliphatic carbocycles.